The Hall–Kier alpha value is -1.44. The van der Waals surface area contributed by atoms with Crippen molar-refractivity contribution in [1.82, 2.24) is 0 Å². The van der Waals surface area contributed by atoms with E-state index in [0.29, 0.717) is 0 Å². The third-order valence-electron chi connectivity index (χ3n) is 2.66. The lowest BCUT2D eigenvalue weighted by atomic mass is 10.2. The van der Waals surface area contributed by atoms with Crippen molar-refractivity contribution >= 4 is 11.4 Å². The fraction of sp³-hybridized carbons (Fsp3) is 0.429. The van der Waals surface area contributed by atoms with Crippen molar-refractivity contribution in [3.05, 3.63) is 36.9 Å². The van der Waals surface area contributed by atoms with Crippen LogP contribution in [0.1, 0.15) is 26.2 Å². The second kappa shape index (κ2) is 6.94. The molecule has 0 aromatic heterocycles. The first-order valence-electron chi connectivity index (χ1n) is 6.00. The van der Waals surface area contributed by atoms with Gasteiger partial charge in [0.25, 0.3) is 0 Å². The minimum Gasteiger partial charge on any atom is -0.397 e. The highest BCUT2D eigenvalue weighted by Crippen LogP contribution is 2.22. The first-order valence-corrected chi connectivity index (χ1v) is 6.00. The number of nitrogen functional groups attached to an aromatic ring is 1. The van der Waals surface area contributed by atoms with E-state index in [1.165, 1.54) is 19.3 Å². The lowest BCUT2D eigenvalue weighted by molar-refractivity contribution is 0.694. The maximum atomic E-state index is 5.98. The van der Waals surface area contributed by atoms with E-state index in [2.05, 4.69) is 24.5 Å². The number of nitrogens with zero attached hydrogens (tertiary/aromatic N) is 1. The molecule has 2 nitrogen and oxygen atoms in total. The number of benzene rings is 1. The minimum absolute atomic E-state index is 0.848. The maximum Gasteiger partial charge on any atom is 0.0602 e. The Bertz CT molecular complexity index is 320. The van der Waals surface area contributed by atoms with Gasteiger partial charge in [0.1, 0.15) is 0 Å². The van der Waals surface area contributed by atoms with Gasteiger partial charge in [-0.15, -0.1) is 6.58 Å². The number of nitrogens with two attached hydrogens (primary N) is 1. The quantitative estimate of drug-likeness (QED) is 0.431. The molecule has 0 atom stereocenters. The van der Waals surface area contributed by atoms with E-state index in [9.17, 15) is 0 Å². The van der Waals surface area contributed by atoms with Crippen LogP contribution in [0.3, 0.4) is 0 Å². The first kappa shape index (κ1) is 12.6. The summed E-state index contributed by atoms with van der Waals surface area (Å²) in [6, 6.07) is 8.02. The lowest BCUT2D eigenvalue weighted by Crippen LogP contribution is -2.25. The summed E-state index contributed by atoms with van der Waals surface area (Å²) in [6.45, 7) is 7.93. The van der Waals surface area contributed by atoms with Crippen LogP contribution in [0.2, 0.25) is 0 Å². The van der Waals surface area contributed by atoms with Gasteiger partial charge in [-0.3, -0.25) is 0 Å². The van der Waals surface area contributed by atoms with E-state index in [1.54, 1.807) is 0 Å². The molecule has 0 saturated carbocycles. The van der Waals surface area contributed by atoms with Gasteiger partial charge in [0.05, 0.1) is 11.4 Å². The van der Waals surface area contributed by atoms with Gasteiger partial charge >= 0.3 is 0 Å². The van der Waals surface area contributed by atoms with Crippen molar-refractivity contribution < 1.29 is 0 Å². The summed E-state index contributed by atoms with van der Waals surface area (Å²) in [5.41, 5.74) is 7.95. The van der Waals surface area contributed by atoms with Crippen LogP contribution >= 0.6 is 0 Å². The monoisotopic (exact) mass is 218 g/mol. The molecule has 1 rings (SSSR count). The second-order valence-corrected chi connectivity index (χ2v) is 4.00. The Morgan fingerprint density at radius 2 is 2.06 bits per heavy atom. The van der Waals surface area contributed by atoms with E-state index < -0.39 is 0 Å². The van der Waals surface area contributed by atoms with Crippen molar-refractivity contribution in [3.8, 4) is 0 Å². The molecule has 2 N–H and O–H groups in total. The van der Waals surface area contributed by atoms with Crippen LogP contribution in [0.5, 0.6) is 0 Å². The summed E-state index contributed by atoms with van der Waals surface area (Å²) in [7, 11) is 0. The molecule has 16 heavy (non-hydrogen) atoms. The Morgan fingerprint density at radius 1 is 1.31 bits per heavy atom. The van der Waals surface area contributed by atoms with Gasteiger partial charge in [0.15, 0.2) is 0 Å². The van der Waals surface area contributed by atoms with Crippen LogP contribution in [-0.4, -0.2) is 13.1 Å². The summed E-state index contributed by atoms with van der Waals surface area (Å²) >= 11 is 0. The van der Waals surface area contributed by atoms with Crippen LogP contribution in [-0.2, 0) is 0 Å². The molecule has 0 heterocycles. The standard InChI is InChI=1S/C14H22N2/c1-3-5-8-12-16(11-4-2)14-10-7-6-9-13(14)15/h4,6-7,9-10H,2-3,5,8,11-12,15H2,1H3. The number of unbranched alkanes of at least 4 members (excludes halogenated alkanes) is 2. The molecule has 1 aromatic rings. The molecular formula is C14H22N2. The molecule has 0 amide bonds. The normalized spacial score (nSPS) is 10.1. The van der Waals surface area contributed by atoms with Crippen molar-refractivity contribution in [2.24, 2.45) is 0 Å². The third-order valence-corrected chi connectivity index (χ3v) is 2.66. The molecule has 0 radical (unpaired) electrons. The van der Waals surface area contributed by atoms with Gasteiger partial charge < -0.3 is 10.6 Å². The van der Waals surface area contributed by atoms with E-state index in [4.69, 9.17) is 5.73 Å². The molecular weight excluding hydrogens is 196 g/mol. The molecule has 0 aliphatic heterocycles. The second-order valence-electron chi connectivity index (χ2n) is 4.00. The molecule has 1 aromatic carbocycles. The molecule has 0 bridgehead atoms. The average Bonchev–Trinajstić information content (AvgIpc) is 2.29. The zero-order valence-electron chi connectivity index (χ0n) is 10.2. The third kappa shape index (κ3) is 3.61. The molecule has 0 aliphatic carbocycles. The van der Waals surface area contributed by atoms with Crippen LogP contribution in [0.15, 0.2) is 36.9 Å². The fourth-order valence-electron chi connectivity index (χ4n) is 1.79. The Morgan fingerprint density at radius 3 is 2.69 bits per heavy atom. The van der Waals surface area contributed by atoms with Gasteiger partial charge in [-0.2, -0.15) is 0 Å². The van der Waals surface area contributed by atoms with Gasteiger partial charge in [-0.1, -0.05) is 38.0 Å². The summed E-state index contributed by atoms with van der Waals surface area (Å²) in [5.74, 6) is 0. The van der Waals surface area contributed by atoms with Crippen molar-refractivity contribution in [3.63, 3.8) is 0 Å². The largest absolute Gasteiger partial charge is 0.397 e. The van der Waals surface area contributed by atoms with Gasteiger partial charge in [0.2, 0.25) is 0 Å². The summed E-state index contributed by atoms with van der Waals surface area (Å²) in [6.07, 6.45) is 5.64. The fourth-order valence-corrected chi connectivity index (χ4v) is 1.79. The van der Waals surface area contributed by atoms with Crippen molar-refractivity contribution in [2.75, 3.05) is 23.7 Å². The zero-order valence-corrected chi connectivity index (χ0v) is 10.2. The number of hydrogen-bond donors (Lipinski definition) is 1. The van der Waals surface area contributed by atoms with Crippen LogP contribution in [0.25, 0.3) is 0 Å². The number of anilines is 2. The number of para-hydroxylation sites is 2. The molecule has 0 unspecified atom stereocenters. The predicted molar refractivity (Wildman–Crippen MR) is 72.8 cm³/mol. The van der Waals surface area contributed by atoms with Crippen LogP contribution < -0.4 is 10.6 Å². The van der Waals surface area contributed by atoms with Crippen molar-refractivity contribution in [1.29, 1.82) is 0 Å². The average molecular weight is 218 g/mol. The molecule has 2 heteroatoms. The summed E-state index contributed by atoms with van der Waals surface area (Å²) in [5, 5.41) is 0. The Kier molecular flexibility index (Phi) is 5.48. The molecule has 88 valence electrons. The Balaban J connectivity index is 2.69. The zero-order chi connectivity index (χ0) is 11.8. The minimum atomic E-state index is 0.848. The highest BCUT2D eigenvalue weighted by Gasteiger charge is 2.06. The van der Waals surface area contributed by atoms with Gasteiger partial charge in [-0.05, 0) is 18.6 Å². The maximum absolute atomic E-state index is 5.98. The Labute approximate surface area is 98.8 Å². The highest BCUT2D eigenvalue weighted by molar-refractivity contribution is 5.67. The molecule has 0 fully saturated rings. The number of hydrogen-bond acceptors (Lipinski definition) is 2. The van der Waals surface area contributed by atoms with E-state index in [-0.39, 0.29) is 0 Å². The topological polar surface area (TPSA) is 29.3 Å². The lowest BCUT2D eigenvalue weighted by Gasteiger charge is -2.24. The predicted octanol–water partition coefficient (Wildman–Crippen LogP) is 3.45. The SMILES string of the molecule is C=CCN(CCCCC)c1ccccc1N. The van der Waals surface area contributed by atoms with E-state index in [0.717, 1.165) is 24.5 Å². The molecule has 0 spiro atoms. The van der Waals surface area contributed by atoms with Gasteiger partial charge in [-0.25, -0.2) is 0 Å². The van der Waals surface area contributed by atoms with Crippen LogP contribution in [0.4, 0.5) is 11.4 Å². The van der Waals surface area contributed by atoms with Gasteiger partial charge in [0, 0.05) is 13.1 Å². The highest BCUT2D eigenvalue weighted by atomic mass is 15.1. The first-order chi connectivity index (χ1) is 7.79. The molecule has 0 aliphatic rings. The molecule has 0 saturated heterocycles. The smallest absolute Gasteiger partial charge is 0.0602 e. The summed E-state index contributed by atoms with van der Waals surface area (Å²) in [4.78, 5) is 2.29. The van der Waals surface area contributed by atoms with E-state index in [1.807, 2.05) is 24.3 Å². The van der Waals surface area contributed by atoms with Crippen LogP contribution in [0, 0.1) is 0 Å². The van der Waals surface area contributed by atoms with Crippen molar-refractivity contribution in [2.45, 2.75) is 26.2 Å². The summed E-state index contributed by atoms with van der Waals surface area (Å²) < 4.78 is 0. The number of rotatable bonds is 7. The van der Waals surface area contributed by atoms with E-state index >= 15 is 0 Å².